The standard InChI is InChI=1S/C17H20ClNO/c1-12-10-15(18)9-8-14(12)11-19-13(2)16-6-4-5-7-17(16)20-3/h4-10,13,19H,11H2,1-3H3/t13-/m1/s1. The number of halogens is 1. The molecule has 0 aliphatic heterocycles. The van der Waals surface area contributed by atoms with Gasteiger partial charge in [0, 0.05) is 23.2 Å². The molecule has 0 aliphatic rings. The van der Waals surface area contributed by atoms with Crippen LogP contribution in [0.3, 0.4) is 0 Å². The quantitative estimate of drug-likeness (QED) is 0.874. The molecular formula is C17H20ClNO. The zero-order valence-electron chi connectivity index (χ0n) is 12.1. The third-order valence-electron chi connectivity index (χ3n) is 3.51. The molecule has 2 aromatic rings. The monoisotopic (exact) mass is 289 g/mol. The summed E-state index contributed by atoms with van der Waals surface area (Å²) in [5.74, 6) is 0.917. The zero-order chi connectivity index (χ0) is 14.5. The summed E-state index contributed by atoms with van der Waals surface area (Å²) >= 11 is 5.98. The number of benzene rings is 2. The van der Waals surface area contributed by atoms with Crippen molar-refractivity contribution < 1.29 is 4.74 Å². The summed E-state index contributed by atoms with van der Waals surface area (Å²) in [6.07, 6.45) is 0. The SMILES string of the molecule is COc1ccccc1[C@@H](C)NCc1ccc(Cl)cc1C. The minimum atomic E-state index is 0.223. The van der Waals surface area contributed by atoms with Crippen molar-refractivity contribution in [3.63, 3.8) is 0 Å². The molecule has 2 rings (SSSR count). The molecule has 0 saturated heterocycles. The zero-order valence-corrected chi connectivity index (χ0v) is 12.9. The molecule has 106 valence electrons. The first kappa shape index (κ1) is 14.9. The Morgan fingerprint density at radius 1 is 1.20 bits per heavy atom. The number of nitrogens with one attached hydrogen (secondary N) is 1. The molecule has 20 heavy (non-hydrogen) atoms. The highest BCUT2D eigenvalue weighted by atomic mass is 35.5. The van der Waals surface area contributed by atoms with Gasteiger partial charge in [-0.25, -0.2) is 0 Å². The third kappa shape index (κ3) is 3.53. The average Bonchev–Trinajstić information content (AvgIpc) is 2.46. The van der Waals surface area contributed by atoms with Crippen molar-refractivity contribution in [2.24, 2.45) is 0 Å². The minimum Gasteiger partial charge on any atom is -0.496 e. The molecule has 0 spiro atoms. The van der Waals surface area contributed by atoms with Gasteiger partial charge in [-0.1, -0.05) is 35.9 Å². The molecule has 2 nitrogen and oxygen atoms in total. The number of para-hydroxylation sites is 1. The summed E-state index contributed by atoms with van der Waals surface area (Å²) in [4.78, 5) is 0. The van der Waals surface area contributed by atoms with E-state index in [1.54, 1.807) is 7.11 Å². The fourth-order valence-electron chi connectivity index (χ4n) is 2.25. The number of ether oxygens (including phenoxy) is 1. The van der Waals surface area contributed by atoms with E-state index in [1.807, 2.05) is 30.3 Å². The summed E-state index contributed by atoms with van der Waals surface area (Å²) < 4.78 is 5.40. The van der Waals surface area contributed by atoms with Gasteiger partial charge in [0.2, 0.25) is 0 Å². The first-order chi connectivity index (χ1) is 9.61. The Hall–Kier alpha value is -1.51. The summed E-state index contributed by atoms with van der Waals surface area (Å²) in [5, 5.41) is 4.31. The summed E-state index contributed by atoms with van der Waals surface area (Å²) in [6, 6.07) is 14.3. The van der Waals surface area contributed by atoms with Gasteiger partial charge in [-0.3, -0.25) is 0 Å². The maximum absolute atomic E-state index is 5.98. The van der Waals surface area contributed by atoms with Crippen LogP contribution in [0.5, 0.6) is 5.75 Å². The summed E-state index contributed by atoms with van der Waals surface area (Å²) in [6.45, 7) is 5.03. The van der Waals surface area contributed by atoms with Gasteiger partial charge in [0.15, 0.2) is 0 Å². The highest BCUT2D eigenvalue weighted by molar-refractivity contribution is 6.30. The highest BCUT2D eigenvalue weighted by Gasteiger charge is 2.10. The van der Waals surface area contributed by atoms with Gasteiger partial charge >= 0.3 is 0 Å². The van der Waals surface area contributed by atoms with Gasteiger partial charge in [0.05, 0.1) is 7.11 Å². The molecule has 1 N–H and O–H groups in total. The molecule has 3 heteroatoms. The second-order valence-electron chi connectivity index (χ2n) is 4.92. The lowest BCUT2D eigenvalue weighted by atomic mass is 10.1. The number of rotatable bonds is 5. The molecule has 0 saturated carbocycles. The first-order valence-electron chi connectivity index (χ1n) is 6.73. The number of methoxy groups -OCH3 is 1. The topological polar surface area (TPSA) is 21.3 Å². The van der Waals surface area contributed by atoms with E-state index in [1.165, 1.54) is 16.7 Å². The van der Waals surface area contributed by atoms with Gasteiger partial charge < -0.3 is 10.1 Å². The minimum absolute atomic E-state index is 0.223. The molecular weight excluding hydrogens is 270 g/mol. The van der Waals surface area contributed by atoms with Crippen LogP contribution in [0.4, 0.5) is 0 Å². The van der Waals surface area contributed by atoms with E-state index in [2.05, 4.69) is 31.3 Å². The molecule has 0 fully saturated rings. The van der Waals surface area contributed by atoms with E-state index in [-0.39, 0.29) is 6.04 Å². The maximum Gasteiger partial charge on any atom is 0.123 e. The molecule has 0 aromatic heterocycles. The molecule has 0 bridgehead atoms. The van der Waals surface area contributed by atoms with Crippen LogP contribution in [0, 0.1) is 6.92 Å². The molecule has 0 aliphatic carbocycles. The Morgan fingerprint density at radius 3 is 2.65 bits per heavy atom. The Labute approximate surface area is 125 Å². The summed E-state index contributed by atoms with van der Waals surface area (Å²) in [5.41, 5.74) is 3.63. The van der Waals surface area contributed by atoms with Crippen molar-refractivity contribution in [1.29, 1.82) is 0 Å². The smallest absolute Gasteiger partial charge is 0.123 e. The van der Waals surface area contributed by atoms with Crippen LogP contribution in [0.25, 0.3) is 0 Å². The predicted octanol–water partition coefficient (Wildman–Crippen LogP) is 4.51. The highest BCUT2D eigenvalue weighted by Crippen LogP contribution is 2.25. The molecule has 0 unspecified atom stereocenters. The number of hydrogen-bond donors (Lipinski definition) is 1. The molecule has 1 atom stereocenters. The van der Waals surface area contributed by atoms with Crippen LogP contribution in [0.1, 0.15) is 29.7 Å². The first-order valence-corrected chi connectivity index (χ1v) is 7.11. The van der Waals surface area contributed by atoms with Crippen molar-refractivity contribution in [2.75, 3.05) is 7.11 Å². The van der Waals surface area contributed by atoms with E-state index >= 15 is 0 Å². The second kappa shape index (κ2) is 6.78. The van der Waals surface area contributed by atoms with Gasteiger partial charge in [0.1, 0.15) is 5.75 Å². The lowest BCUT2D eigenvalue weighted by Crippen LogP contribution is -2.19. The van der Waals surface area contributed by atoms with E-state index in [0.29, 0.717) is 0 Å². The Morgan fingerprint density at radius 2 is 1.95 bits per heavy atom. The van der Waals surface area contributed by atoms with Gasteiger partial charge in [-0.2, -0.15) is 0 Å². The van der Waals surface area contributed by atoms with E-state index in [0.717, 1.165) is 17.3 Å². The lowest BCUT2D eigenvalue weighted by Gasteiger charge is -2.18. The normalized spacial score (nSPS) is 12.2. The van der Waals surface area contributed by atoms with E-state index < -0.39 is 0 Å². The Kier molecular flexibility index (Phi) is 5.05. The predicted molar refractivity (Wildman–Crippen MR) is 84.4 cm³/mol. The number of aryl methyl sites for hydroxylation is 1. The van der Waals surface area contributed by atoms with Crippen LogP contribution in [0.2, 0.25) is 5.02 Å². The van der Waals surface area contributed by atoms with Crippen LogP contribution in [-0.4, -0.2) is 7.11 Å². The van der Waals surface area contributed by atoms with Crippen LogP contribution < -0.4 is 10.1 Å². The van der Waals surface area contributed by atoms with Gasteiger partial charge in [0.25, 0.3) is 0 Å². The Bertz CT molecular complexity index is 583. The van der Waals surface area contributed by atoms with Gasteiger partial charge in [-0.05, 0) is 43.2 Å². The number of hydrogen-bond acceptors (Lipinski definition) is 2. The van der Waals surface area contributed by atoms with Crippen molar-refractivity contribution >= 4 is 11.6 Å². The maximum atomic E-state index is 5.98. The van der Waals surface area contributed by atoms with Crippen molar-refractivity contribution in [1.82, 2.24) is 5.32 Å². The lowest BCUT2D eigenvalue weighted by molar-refractivity contribution is 0.401. The third-order valence-corrected chi connectivity index (χ3v) is 3.74. The van der Waals surface area contributed by atoms with Crippen LogP contribution in [0.15, 0.2) is 42.5 Å². The van der Waals surface area contributed by atoms with E-state index in [9.17, 15) is 0 Å². The average molecular weight is 290 g/mol. The fourth-order valence-corrected chi connectivity index (χ4v) is 2.48. The van der Waals surface area contributed by atoms with Crippen molar-refractivity contribution in [2.45, 2.75) is 26.4 Å². The van der Waals surface area contributed by atoms with Crippen molar-refractivity contribution in [3.05, 3.63) is 64.2 Å². The van der Waals surface area contributed by atoms with Crippen LogP contribution >= 0.6 is 11.6 Å². The molecule has 2 aromatic carbocycles. The molecule has 0 radical (unpaired) electrons. The molecule has 0 amide bonds. The van der Waals surface area contributed by atoms with Crippen LogP contribution in [-0.2, 0) is 6.54 Å². The largest absolute Gasteiger partial charge is 0.496 e. The molecule has 0 heterocycles. The van der Waals surface area contributed by atoms with Crippen molar-refractivity contribution in [3.8, 4) is 5.75 Å². The summed E-state index contributed by atoms with van der Waals surface area (Å²) in [7, 11) is 1.70. The van der Waals surface area contributed by atoms with E-state index in [4.69, 9.17) is 16.3 Å². The Balaban J connectivity index is 2.06. The van der Waals surface area contributed by atoms with Gasteiger partial charge in [-0.15, -0.1) is 0 Å². The second-order valence-corrected chi connectivity index (χ2v) is 5.35. The fraction of sp³-hybridized carbons (Fsp3) is 0.294.